The molecular formula is C32H25FN2O4. The van der Waals surface area contributed by atoms with Crippen molar-refractivity contribution in [2.75, 3.05) is 11.9 Å². The lowest BCUT2D eigenvalue weighted by molar-refractivity contribution is 0.0964. The van der Waals surface area contributed by atoms with Crippen LogP contribution in [-0.2, 0) is 4.74 Å². The zero-order valence-corrected chi connectivity index (χ0v) is 21.4. The fourth-order valence-corrected chi connectivity index (χ4v) is 5.21. The first kappa shape index (κ1) is 24.4. The number of carbonyl (C=O) groups is 2. The Kier molecular flexibility index (Phi) is 6.11. The van der Waals surface area contributed by atoms with Crippen LogP contribution < -0.4 is 10.2 Å². The summed E-state index contributed by atoms with van der Waals surface area (Å²) in [5, 5.41) is 3.27. The molecule has 1 aliphatic heterocycles. The van der Waals surface area contributed by atoms with Gasteiger partial charge in [0.25, 0.3) is 5.91 Å². The summed E-state index contributed by atoms with van der Waals surface area (Å²) in [6.45, 7) is 1.95. The zero-order valence-electron chi connectivity index (χ0n) is 21.4. The normalized spacial score (nSPS) is 16.9. The summed E-state index contributed by atoms with van der Waals surface area (Å²) in [4.78, 5) is 28.1. The van der Waals surface area contributed by atoms with E-state index in [0.29, 0.717) is 33.5 Å². The number of furan rings is 1. The molecule has 6 nitrogen and oxygen atoms in total. The van der Waals surface area contributed by atoms with E-state index in [0.717, 1.165) is 16.7 Å². The number of anilines is 1. The molecule has 4 aromatic carbocycles. The number of hydrogen-bond donors (Lipinski definition) is 1. The van der Waals surface area contributed by atoms with Gasteiger partial charge in [0, 0.05) is 29.6 Å². The monoisotopic (exact) mass is 520 g/mol. The molecule has 0 radical (unpaired) electrons. The Morgan fingerprint density at radius 2 is 1.56 bits per heavy atom. The van der Waals surface area contributed by atoms with Crippen LogP contribution in [0.25, 0.3) is 33.4 Å². The number of ether oxygens (including phenoxy) is 1. The van der Waals surface area contributed by atoms with E-state index in [-0.39, 0.29) is 17.8 Å². The van der Waals surface area contributed by atoms with Gasteiger partial charge in [0.2, 0.25) is 0 Å². The number of amides is 2. The molecule has 0 bridgehead atoms. The topological polar surface area (TPSA) is 71.8 Å². The molecule has 1 fully saturated rings. The third-order valence-corrected chi connectivity index (χ3v) is 7.11. The van der Waals surface area contributed by atoms with Crippen molar-refractivity contribution < 1.29 is 23.1 Å². The standard InChI is InChI=1S/C32H25FN2O4/c1-19-29(21-11-7-4-8-12-21)39-32(37)35(19)26-18-27-25(17-24(26)20-9-5-3-6-10-20)28(31(36)34-2)30(38-27)22-13-15-23(33)16-14-22/h3-19,29H,1-2H3,(H,34,36). The molecule has 0 saturated carbocycles. The molecule has 194 valence electrons. The molecule has 39 heavy (non-hydrogen) atoms. The predicted molar refractivity (Wildman–Crippen MR) is 148 cm³/mol. The molecule has 5 aromatic rings. The van der Waals surface area contributed by atoms with Crippen molar-refractivity contribution in [3.8, 4) is 22.5 Å². The summed E-state index contributed by atoms with van der Waals surface area (Å²) < 4.78 is 25.8. The van der Waals surface area contributed by atoms with Crippen LogP contribution in [-0.4, -0.2) is 25.1 Å². The molecular weight excluding hydrogens is 495 g/mol. The van der Waals surface area contributed by atoms with Crippen molar-refractivity contribution in [2.24, 2.45) is 0 Å². The number of rotatable bonds is 5. The Hall–Kier alpha value is -4.91. The van der Waals surface area contributed by atoms with Gasteiger partial charge in [-0.1, -0.05) is 60.7 Å². The molecule has 1 saturated heterocycles. The minimum Gasteiger partial charge on any atom is -0.455 e. The number of halogens is 1. The molecule has 2 unspecified atom stereocenters. The van der Waals surface area contributed by atoms with Gasteiger partial charge >= 0.3 is 6.09 Å². The van der Waals surface area contributed by atoms with Crippen LogP contribution in [0.4, 0.5) is 14.9 Å². The van der Waals surface area contributed by atoms with Crippen LogP contribution >= 0.6 is 0 Å². The van der Waals surface area contributed by atoms with Crippen molar-refractivity contribution in [1.82, 2.24) is 5.32 Å². The summed E-state index contributed by atoms with van der Waals surface area (Å²) in [5.74, 6) is -0.405. The molecule has 1 N–H and O–H groups in total. The van der Waals surface area contributed by atoms with E-state index in [1.165, 1.54) is 12.1 Å². The van der Waals surface area contributed by atoms with Crippen LogP contribution in [0, 0.1) is 5.82 Å². The van der Waals surface area contributed by atoms with E-state index in [1.807, 2.05) is 73.7 Å². The van der Waals surface area contributed by atoms with Crippen molar-refractivity contribution in [3.05, 3.63) is 114 Å². The van der Waals surface area contributed by atoms with Crippen LogP contribution in [0.15, 0.2) is 101 Å². The first-order valence-corrected chi connectivity index (χ1v) is 12.6. The molecule has 2 heterocycles. The van der Waals surface area contributed by atoms with Crippen molar-refractivity contribution in [1.29, 1.82) is 0 Å². The molecule has 0 spiro atoms. The highest BCUT2D eigenvalue weighted by Gasteiger charge is 2.42. The lowest BCUT2D eigenvalue weighted by Crippen LogP contribution is -2.32. The fraction of sp³-hybridized carbons (Fsp3) is 0.125. The Bertz CT molecular complexity index is 1680. The van der Waals surface area contributed by atoms with E-state index in [4.69, 9.17) is 9.15 Å². The summed E-state index contributed by atoms with van der Waals surface area (Å²) in [7, 11) is 1.55. The average Bonchev–Trinajstić information content (AvgIpc) is 3.49. The minimum absolute atomic E-state index is 0.315. The molecule has 1 aromatic heterocycles. The lowest BCUT2D eigenvalue weighted by atomic mass is 9.96. The number of cyclic esters (lactones) is 1. The molecule has 2 atom stereocenters. The minimum atomic E-state index is -0.468. The SMILES string of the molecule is CNC(=O)c1c(-c2ccc(F)cc2)oc2cc(N3C(=O)OC(c4ccccc4)C3C)c(-c3ccccc3)cc12. The smallest absolute Gasteiger partial charge is 0.415 e. The zero-order chi connectivity index (χ0) is 27.1. The van der Waals surface area contributed by atoms with Gasteiger partial charge < -0.3 is 14.5 Å². The van der Waals surface area contributed by atoms with Gasteiger partial charge in [0.05, 0.1) is 17.3 Å². The number of benzene rings is 4. The molecule has 1 aliphatic rings. The Morgan fingerprint density at radius 1 is 0.897 bits per heavy atom. The first-order chi connectivity index (χ1) is 19.0. The lowest BCUT2D eigenvalue weighted by Gasteiger charge is -2.24. The average molecular weight is 521 g/mol. The highest BCUT2D eigenvalue weighted by atomic mass is 19.1. The van der Waals surface area contributed by atoms with E-state index in [2.05, 4.69) is 5.32 Å². The predicted octanol–water partition coefficient (Wildman–Crippen LogP) is 7.35. The van der Waals surface area contributed by atoms with Gasteiger partial charge in [-0.25, -0.2) is 9.18 Å². The van der Waals surface area contributed by atoms with Crippen LogP contribution in [0.1, 0.15) is 28.9 Å². The number of nitrogens with one attached hydrogen (secondary N) is 1. The second kappa shape index (κ2) is 9.76. The van der Waals surface area contributed by atoms with Crippen LogP contribution in [0.2, 0.25) is 0 Å². The highest BCUT2D eigenvalue weighted by molar-refractivity contribution is 6.13. The largest absolute Gasteiger partial charge is 0.455 e. The summed E-state index contributed by atoms with van der Waals surface area (Å²) >= 11 is 0. The molecule has 6 rings (SSSR count). The number of fused-ring (bicyclic) bond motifs is 1. The maximum absolute atomic E-state index is 13.7. The van der Waals surface area contributed by atoms with E-state index >= 15 is 0 Å². The summed E-state index contributed by atoms with van der Waals surface area (Å²) in [6, 6.07) is 28.4. The van der Waals surface area contributed by atoms with Gasteiger partial charge in [-0.3, -0.25) is 9.69 Å². The summed E-state index contributed by atoms with van der Waals surface area (Å²) in [5.41, 5.74) is 4.44. The molecule has 0 aliphatic carbocycles. The van der Waals surface area contributed by atoms with Gasteiger partial charge in [0.15, 0.2) is 0 Å². The van der Waals surface area contributed by atoms with Crippen LogP contribution in [0.3, 0.4) is 0 Å². The third-order valence-electron chi connectivity index (χ3n) is 7.11. The maximum atomic E-state index is 13.7. The highest BCUT2D eigenvalue weighted by Crippen LogP contribution is 2.44. The maximum Gasteiger partial charge on any atom is 0.415 e. The van der Waals surface area contributed by atoms with Crippen molar-refractivity contribution in [2.45, 2.75) is 19.1 Å². The van der Waals surface area contributed by atoms with Crippen LogP contribution in [0.5, 0.6) is 0 Å². The Labute approximate surface area is 224 Å². The van der Waals surface area contributed by atoms with E-state index < -0.39 is 12.2 Å². The number of carbonyl (C=O) groups excluding carboxylic acids is 2. The van der Waals surface area contributed by atoms with Gasteiger partial charge in [-0.05, 0) is 48.4 Å². The first-order valence-electron chi connectivity index (χ1n) is 12.6. The quantitative estimate of drug-likeness (QED) is 0.263. The van der Waals surface area contributed by atoms with Crippen molar-refractivity contribution >= 4 is 28.7 Å². The van der Waals surface area contributed by atoms with E-state index in [1.54, 1.807) is 30.1 Å². The van der Waals surface area contributed by atoms with Gasteiger partial charge in [0.1, 0.15) is 23.3 Å². The third kappa shape index (κ3) is 4.22. The van der Waals surface area contributed by atoms with E-state index in [9.17, 15) is 14.0 Å². The number of hydrogen-bond acceptors (Lipinski definition) is 4. The fourth-order valence-electron chi connectivity index (χ4n) is 5.21. The second-order valence-corrected chi connectivity index (χ2v) is 9.45. The van der Waals surface area contributed by atoms with Crippen molar-refractivity contribution in [3.63, 3.8) is 0 Å². The Balaban J connectivity index is 1.58. The molecule has 2 amide bonds. The second-order valence-electron chi connectivity index (χ2n) is 9.45. The number of nitrogens with zero attached hydrogens (tertiary/aromatic N) is 1. The molecule has 7 heteroatoms. The Morgan fingerprint density at radius 3 is 2.23 bits per heavy atom. The van der Waals surface area contributed by atoms with Gasteiger partial charge in [-0.2, -0.15) is 0 Å². The van der Waals surface area contributed by atoms with Gasteiger partial charge in [-0.15, -0.1) is 0 Å². The summed E-state index contributed by atoms with van der Waals surface area (Å²) in [6.07, 6.45) is -0.921.